The van der Waals surface area contributed by atoms with E-state index in [0.29, 0.717) is 6.61 Å². The van der Waals surface area contributed by atoms with Gasteiger partial charge in [0.05, 0.1) is 15.6 Å². The molecule has 0 unspecified atom stereocenters. The molecule has 2 nitrogen and oxygen atoms in total. The fourth-order valence-electron chi connectivity index (χ4n) is 2.11. The summed E-state index contributed by atoms with van der Waals surface area (Å²) in [5, 5.41) is 3.53. The SMILES string of the molecule is CCOc1c(Br)cc(CNCC2CCC2)cc1Br. The molecule has 1 aliphatic rings. The van der Waals surface area contributed by atoms with E-state index in [9.17, 15) is 0 Å². The zero-order valence-corrected chi connectivity index (χ0v) is 13.8. The Morgan fingerprint density at radius 2 is 1.94 bits per heavy atom. The van der Waals surface area contributed by atoms with Gasteiger partial charge in [0.1, 0.15) is 5.75 Å². The molecule has 0 atom stereocenters. The van der Waals surface area contributed by atoms with Crippen LogP contribution in [-0.4, -0.2) is 13.2 Å². The van der Waals surface area contributed by atoms with E-state index in [1.165, 1.54) is 24.8 Å². The van der Waals surface area contributed by atoms with E-state index >= 15 is 0 Å². The number of halogens is 2. The van der Waals surface area contributed by atoms with Gasteiger partial charge in [0.2, 0.25) is 0 Å². The Hall–Kier alpha value is -0.0600. The summed E-state index contributed by atoms with van der Waals surface area (Å²) in [4.78, 5) is 0. The highest BCUT2D eigenvalue weighted by molar-refractivity contribution is 9.11. The molecule has 1 fully saturated rings. The van der Waals surface area contributed by atoms with E-state index in [4.69, 9.17) is 4.74 Å². The van der Waals surface area contributed by atoms with Crippen molar-refractivity contribution in [2.45, 2.75) is 32.7 Å². The van der Waals surface area contributed by atoms with Gasteiger partial charge in [-0.3, -0.25) is 0 Å². The summed E-state index contributed by atoms with van der Waals surface area (Å²) in [6.45, 7) is 4.73. The van der Waals surface area contributed by atoms with Crippen LogP contribution >= 0.6 is 31.9 Å². The van der Waals surface area contributed by atoms with Crippen molar-refractivity contribution in [2.75, 3.05) is 13.2 Å². The smallest absolute Gasteiger partial charge is 0.147 e. The second-order valence-corrected chi connectivity index (χ2v) is 6.46. The highest BCUT2D eigenvalue weighted by Crippen LogP contribution is 2.34. The molecular formula is C14H19Br2NO. The number of nitrogens with one attached hydrogen (secondary N) is 1. The maximum atomic E-state index is 5.58. The number of benzene rings is 1. The Balaban J connectivity index is 1.91. The quantitative estimate of drug-likeness (QED) is 0.789. The van der Waals surface area contributed by atoms with Gasteiger partial charge < -0.3 is 10.1 Å². The molecule has 0 spiro atoms. The van der Waals surface area contributed by atoms with Crippen LogP contribution < -0.4 is 10.1 Å². The zero-order valence-electron chi connectivity index (χ0n) is 10.6. The molecule has 0 saturated heterocycles. The lowest BCUT2D eigenvalue weighted by Crippen LogP contribution is -2.26. The van der Waals surface area contributed by atoms with Gasteiger partial charge in [-0.1, -0.05) is 6.42 Å². The van der Waals surface area contributed by atoms with Crippen LogP contribution in [0.15, 0.2) is 21.1 Å². The van der Waals surface area contributed by atoms with Crippen LogP contribution in [0.25, 0.3) is 0 Å². The first-order valence-corrected chi connectivity index (χ1v) is 8.10. The van der Waals surface area contributed by atoms with Gasteiger partial charge in [0.25, 0.3) is 0 Å². The predicted molar refractivity (Wildman–Crippen MR) is 82.1 cm³/mol. The minimum absolute atomic E-state index is 0.677. The minimum Gasteiger partial charge on any atom is -0.492 e. The normalized spacial score (nSPS) is 15.5. The van der Waals surface area contributed by atoms with Crippen molar-refractivity contribution in [2.24, 2.45) is 5.92 Å². The average Bonchev–Trinajstić information content (AvgIpc) is 2.27. The monoisotopic (exact) mass is 375 g/mol. The summed E-state index contributed by atoms with van der Waals surface area (Å²) in [5.74, 6) is 1.79. The van der Waals surface area contributed by atoms with E-state index in [0.717, 1.165) is 33.7 Å². The lowest BCUT2D eigenvalue weighted by Gasteiger charge is -2.25. The molecule has 18 heavy (non-hydrogen) atoms. The number of ether oxygens (including phenoxy) is 1. The number of rotatable bonds is 6. The lowest BCUT2D eigenvalue weighted by atomic mass is 9.85. The van der Waals surface area contributed by atoms with Gasteiger partial charge in [-0.25, -0.2) is 0 Å². The van der Waals surface area contributed by atoms with Crippen molar-refractivity contribution in [3.8, 4) is 5.75 Å². The van der Waals surface area contributed by atoms with E-state index in [1.807, 2.05) is 6.92 Å². The van der Waals surface area contributed by atoms with Gasteiger partial charge in [-0.2, -0.15) is 0 Å². The third-order valence-electron chi connectivity index (χ3n) is 3.33. The molecule has 2 rings (SSSR count). The molecule has 4 heteroatoms. The summed E-state index contributed by atoms with van der Waals surface area (Å²) in [5.41, 5.74) is 1.27. The molecular weight excluding hydrogens is 358 g/mol. The molecule has 0 radical (unpaired) electrons. The Morgan fingerprint density at radius 1 is 1.28 bits per heavy atom. The molecule has 1 aromatic rings. The first kappa shape index (κ1) is 14.4. The zero-order chi connectivity index (χ0) is 13.0. The van der Waals surface area contributed by atoms with Crippen molar-refractivity contribution in [1.82, 2.24) is 5.32 Å². The van der Waals surface area contributed by atoms with Crippen molar-refractivity contribution in [3.05, 3.63) is 26.6 Å². The first-order valence-electron chi connectivity index (χ1n) is 6.52. The Labute approximate surface area is 126 Å². The standard InChI is InChI=1S/C14H19Br2NO/c1-2-18-14-12(15)6-11(7-13(14)16)9-17-8-10-4-3-5-10/h6-7,10,17H,2-5,8-9H2,1H3. The predicted octanol–water partition coefficient (Wildman–Crippen LogP) is 4.50. The van der Waals surface area contributed by atoms with E-state index in [2.05, 4.69) is 49.3 Å². The van der Waals surface area contributed by atoms with Gasteiger partial charge in [-0.15, -0.1) is 0 Å². The lowest BCUT2D eigenvalue weighted by molar-refractivity contribution is 0.301. The highest BCUT2D eigenvalue weighted by atomic mass is 79.9. The van der Waals surface area contributed by atoms with Gasteiger partial charge >= 0.3 is 0 Å². The fraction of sp³-hybridized carbons (Fsp3) is 0.571. The second-order valence-electron chi connectivity index (χ2n) is 4.75. The van der Waals surface area contributed by atoms with E-state index in [1.54, 1.807) is 0 Å². The largest absolute Gasteiger partial charge is 0.492 e. The molecule has 1 aliphatic carbocycles. The highest BCUT2D eigenvalue weighted by Gasteiger charge is 2.16. The van der Waals surface area contributed by atoms with Crippen LogP contribution in [-0.2, 0) is 6.54 Å². The first-order chi connectivity index (χ1) is 8.70. The van der Waals surface area contributed by atoms with Crippen LogP contribution in [0, 0.1) is 5.92 Å². The van der Waals surface area contributed by atoms with Crippen LogP contribution in [0.1, 0.15) is 31.7 Å². The van der Waals surface area contributed by atoms with Crippen LogP contribution in [0.2, 0.25) is 0 Å². The maximum absolute atomic E-state index is 5.58. The Kier molecular flexibility index (Phi) is 5.52. The second kappa shape index (κ2) is 6.92. The molecule has 0 bridgehead atoms. The minimum atomic E-state index is 0.677. The summed E-state index contributed by atoms with van der Waals surface area (Å²) >= 11 is 7.12. The molecule has 0 aromatic heterocycles. The van der Waals surface area contributed by atoms with E-state index < -0.39 is 0 Å². The molecule has 1 N–H and O–H groups in total. The van der Waals surface area contributed by atoms with Crippen molar-refractivity contribution >= 4 is 31.9 Å². The van der Waals surface area contributed by atoms with Gasteiger partial charge in [0.15, 0.2) is 0 Å². The molecule has 0 amide bonds. The molecule has 0 heterocycles. The summed E-state index contributed by atoms with van der Waals surface area (Å²) in [6.07, 6.45) is 4.19. The van der Waals surface area contributed by atoms with Gasteiger partial charge in [0, 0.05) is 6.54 Å². The molecule has 1 aromatic carbocycles. The topological polar surface area (TPSA) is 21.3 Å². The summed E-state index contributed by atoms with van der Waals surface area (Å²) < 4.78 is 7.60. The number of hydrogen-bond donors (Lipinski definition) is 1. The third kappa shape index (κ3) is 3.72. The maximum Gasteiger partial charge on any atom is 0.147 e. The fourth-order valence-corrected chi connectivity index (χ4v) is 3.62. The molecule has 1 saturated carbocycles. The van der Waals surface area contributed by atoms with Crippen molar-refractivity contribution in [3.63, 3.8) is 0 Å². The summed E-state index contributed by atoms with van der Waals surface area (Å²) in [7, 11) is 0. The van der Waals surface area contributed by atoms with Crippen LogP contribution in [0.3, 0.4) is 0 Å². The summed E-state index contributed by atoms with van der Waals surface area (Å²) in [6, 6.07) is 4.26. The third-order valence-corrected chi connectivity index (χ3v) is 4.51. The van der Waals surface area contributed by atoms with Crippen molar-refractivity contribution < 1.29 is 4.74 Å². The Morgan fingerprint density at radius 3 is 2.44 bits per heavy atom. The van der Waals surface area contributed by atoms with Crippen LogP contribution in [0.4, 0.5) is 0 Å². The van der Waals surface area contributed by atoms with Gasteiger partial charge in [-0.05, 0) is 81.8 Å². The molecule has 0 aliphatic heterocycles. The van der Waals surface area contributed by atoms with Crippen LogP contribution in [0.5, 0.6) is 5.75 Å². The molecule has 100 valence electrons. The van der Waals surface area contributed by atoms with E-state index in [-0.39, 0.29) is 0 Å². The van der Waals surface area contributed by atoms with Crippen molar-refractivity contribution in [1.29, 1.82) is 0 Å². The average molecular weight is 377 g/mol. The number of hydrogen-bond acceptors (Lipinski definition) is 2. The Bertz CT molecular complexity index is 382.